The van der Waals surface area contributed by atoms with Crippen molar-refractivity contribution in [3.63, 3.8) is 0 Å². The normalized spacial score (nSPS) is 19.7. The van der Waals surface area contributed by atoms with Crippen molar-refractivity contribution in [3.05, 3.63) is 46.0 Å². The van der Waals surface area contributed by atoms with Crippen molar-refractivity contribution in [1.82, 2.24) is 19.8 Å². The number of nitrogens with one attached hydrogen (secondary N) is 2. The average molecular weight is 395 g/mol. The number of carbonyl (C=O) groups excluding carboxylic acids is 3. The second-order valence-corrected chi connectivity index (χ2v) is 7.36. The highest BCUT2D eigenvalue weighted by Crippen LogP contribution is 2.30. The Bertz CT molecular complexity index is 783. The van der Waals surface area contributed by atoms with Crippen molar-refractivity contribution in [2.75, 3.05) is 6.54 Å². The van der Waals surface area contributed by atoms with Crippen LogP contribution in [-0.4, -0.2) is 46.3 Å². The van der Waals surface area contributed by atoms with E-state index in [0.29, 0.717) is 10.7 Å². The Morgan fingerprint density at radius 2 is 2.08 bits per heavy atom. The van der Waals surface area contributed by atoms with Gasteiger partial charge in [0.1, 0.15) is 12.6 Å². The number of benzene rings is 1. The summed E-state index contributed by atoms with van der Waals surface area (Å²) in [7, 11) is 0. The van der Waals surface area contributed by atoms with E-state index in [0.717, 1.165) is 5.56 Å². The molecule has 1 aromatic carbocycles. The molecule has 0 saturated carbocycles. The molecule has 2 aliphatic rings. The third-order valence-electron chi connectivity index (χ3n) is 4.15. The summed E-state index contributed by atoms with van der Waals surface area (Å²) in [5.41, 5.74) is 1.30. The molecule has 2 N–H and O–H groups in total. The molecule has 3 rings (SSSR count). The first kappa shape index (κ1) is 18.8. The predicted molar refractivity (Wildman–Crippen MR) is 100.0 cm³/mol. The number of amides is 4. The van der Waals surface area contributed by atoms with Crippen molar-refractivity contribution in [2.45, 2.75) is 32.5 Å². The van der Waals surface area contributed by atoms with Crippen molar-refractivity contribution in [1.29, 1.82) is 0 Å². The molecule has 1 fully saturated rings. The van der Waals surface area contributed by atoms with Crippen molar-refractivity contribution in [2.24, 2.45) is 0 Å². The molecule has 7 nitrogen and oxygen atoms in total. The average Bonchev–Trinajstić information content (AvgIpc) is 3.07. The number of hydrogen-bond donors (Lipinski definition) is 2. The van der Waals surface area contributed by atoms with Crippen LogP contribution < -0.4 is 10.0 Å². The van der Waals surface area contributed by atoms with Crippen LogP contribution in [0.3, 0.4) is 0 Å². The van der Waals surface area contributed by atoms with E-state index < -0.39 is 12.1 Å². The first-order chi connectivity index (χ1) is 12.4. The first-order valence-electron chi connectivity index (χ1n) is 8.16. The number of fused-ring (bicyclic) bond motifs is 1. The zero-order chi connectivity index (χ0) is 18.8. The predicted octanol–water partition coefficient (Wildman–Crippen LogP) is 2.09. The Hall–Kier alpha value is -2.03. The number of nitrogens with zero attached hydrogens (tertiary/aromatic N) is 2. The van der Waals surface area contributed by atoms with Crippen LogP contribution in [0.15, 0.2) is 35.4 Å². The van der Waals surface area contributed by atoms with E-state index in [1.807, 2.05) is 18.2 Å². The third kappa shape index (κ3) is 3.58. The van der Waals surface area contributed by atoms with E-state index in [4.69, 9.17) is 11.6 Å². The Morgan fingerprint density at radius 3 is 2.77 bits per heavy atom. The number of hydrogen-bond acceptors (Lipinski definition) is 5. The second kappa shape index (κ2) is 7.69. The molecule has 26 heavy (non-hydrogen) atoms. The largest absolute Gasteiger partial charge is 0.350 e. The third-order valence-corrected chi connectivity index (χ3v) is 5.25. The maximum Gasteiger partial charge on any atom is 0.331 e. The minimum atomic E-state index is -0.614. The van der Waals surface area contributed by atoms with Crippen LogP contribution in [0.25, 0.3) is 0 Å². The van der Waals surface area contributed by atoms with E-state index in [-0.39, 0.29) is 30.9 Å². The van der Waals surface area contributed by atoms with E-state index in [2.05, 4.69) is 10.0 Å². The van der Waals surface area contributed by atoms with Gasteiger partial charge in [-0.2, -0.15) is 0 Å². The number of halogens is 1. The van der Waals surface area contributed by atoms with Crippen LogP contribution in [0.1, 0.15) is 19.4 Å². The number of rotatable bonds is 5. The number of carbonyl (C=O) groups is 3. The zero-order valence-corrected chi connectivity index (χ0v) is 15.9. The molecule has 1 saturated heterocycles. The molecule has 4 amide bonds. The van der Waals surface area contributed by atoms with Crippen molar-refractivity contribution >= 4 is 41.4 Å². The van der Waals surface area contributed by atoms with Crippen molar-refractivity contribution in [3.8, 4) is 0 Å². The van der Waals surface area contributed by atoms with E-state index >= 15 is 0 Å². The van der Waals surface area contributed by atoms with Crippen LogP contribution >= 0.6 is 23.5 Å². The molecule has 0 spiro atoms. The molecule has 138 valence electrons. The smallest absolute Gasteiger partial charge is 0.331 e. The molecule has 1 aromatic rings. The number of imide groups is 1. The van der Waals surface area contributed by atoms with Crippen LogP contribution in [0.5, 0.6) is 0 Å². The van der Waals surface area contributed by atoms with Gasteiger partial charge in [-0.15, -0.1) is 0 Å². The summed E-state index contributed by atoms with van der Waals surface area (Å²) in [4.78, 5) is 40.1. The van der Waals surface area contributed by atoms with Gasteiger partial charge in [-0.1, -0.05) is 41.7 Å². The van der Waals surface area contributed by atoms with Gasteiger partial charge >= 0.3 is 6.03 Å². The lowest BCUT2D eigenvalue weighted by molar-refractivity contribution is -0.134. The summed E-state index contributed by atoms with van der Waals surface area (Å²) in [6.07, 6.45) is 0. The molecule has 1 unspecified atom stereocenters. The lowest BCUT2D eigenvalue weighted by Crippen LogP contribution is -2.62. The Kier molecular flexibility index (Phi) is 5.55. The molecule has 0 aromatic heterocycles. The molecule has 0 radical (unpaired) electrons. The van der Waals surface area contributed by atoms with Gasteiger partial charge in [-0.25, -0.2) is 9.52 Å². The molecule has 0 aliphatic carbocycles. The summed E-state index contributed by atoms with van der Waals surface area (Å²) in [5, 5.41) is 5.03. The maximum absolute atomic E-state index is 12.7. The van der Waals surface area contributed by atoms with Gasteiger partial charge < -0.3 is 5.32 Å². The summed E-state index contributed by atoms with van der Waals surface area (Å²) in [6.45, 7) is 3.64. The second-order valence-electron chi connectivity index (χ2n) is 6.25. The van der Waals surface area contributed by atoms with Crippen LogP contribution in [0.2, 0.25) is 5.02 Å². The topological polar surface area (TPSA) is 81.8 Å². The van der Waals surface area contributed by atoms with E-state index in [9.17, 15) is 14.4 Å². The molecular weight excluding hydrogens is 376 g/mol. The Morgan fingerprint density at radius 1 is 1.35 bits per heavy atom. The fourth-order valence-electron chi connectivity index (χ4n) is 2.83. The number of urea groups is 1. The van der Waals surface area contributed by atoms with Crippen LogP contribution in [0, 0.1) is 0 Å². The van der Waals surface area contributed by atoms with Gasteiger partial charge in [0.05, 0.1) is 5.70 Å². The monoisotopic (exact) mass is 394 g/mol. The lowest BCUT2D eigenvalue weighted by Gasteiger charge is -2.39. The summed E-state index contributed by atoms with van der Waals surface area (Å²) < 4.78 is 2.97. The molecule has 0 bridgehead atoms. The highest BCUT2D eigenvalue weighted by atomic mass is 35.5. The summed E-state index contributed by atoms with van der Waals surface area (Å²) in [5.74, 6) is -0.623. The SMILES string of the molecule is CC(C)N1C(=O)C2NSC=C2N(CC(=O)NCc2ccccc2Cl)C1=O. The van der Waals surface area contributed by atoms with E-state index in [1.165, 1.54) is 21.7 Å². The molecule has 2 aliphatic heterocycles. The molecule has 9 heteroatoms. The van der Waals surface area contributed by atoms with Crippen LogP contribution in [0.4, 0.5) is 4.79 Å². The Labute approximate surface area is 160 Å². The van der Waals surface area contributed by atoms with Gasteiger partial charge in [0.15, 0.2) is 0 Å². The Balaban J connectivity index is 1.71. The minimum absolute atomic E-state index is 0.162. The van der Waals surface area contributed by atoms with Gasteiger partial charge in [0.25, 0.3) is 5.91 Å². The molecular formula is C17H19ClN4O3S. The quantitative estimate of drug-likeness (QED) is 0.747. The highest BCUT2D eigenvalue weighted by molar-refractivity contribution is 8.00. The van der Waals surface area contributed by atoms with Gasteiger partial charge in [-0.3, -0.25) is 19.4 Å². The standard InChI is InChI=1S/C17H19ClN4O3S/c1-10(2)22-16(24)15-13(9-26-20-15)21(17(22)25)8-14(23)19-7-11-5-3-4-6-12(11)18/h3-6,9-10,15,20H,7-8H2,1-2H3,(H,19,23). The lowest BCUT2D eigenvalue weighted by atomic mass is 10.1. The van der Waals surface area contributed by atoms with Crippen molar-refractivity contribution < 1.29 is 14.4 Å². The maximum atomic E-state index is 12.7. The molecule has 2 heterocycles. The van der Waals surface area contributed by atoms with Gasteiger partial charge in [0.2, 0.25) is 5.91 Å². The van der Waals surface area contributed by atoms with E-state index in [1.54, 1.807) is 25.3 Å². The fourth-order valence-corrected chi connectivity index (χ4v) is 3.84. The summed E-state index contributed by atoms with van der Waals surface area (Å²) >= 11 is 7.33. The first-order valence-corrected chi connectivity index (χ1v) is 9.42. The fraction of sp³-hybridized carbons (Fsp3) is 0.353. The summed E-state index contributed by atoms with van der Waals surface area (Å²) in [6, 6.07) is 5.84. The minimum Gasteiger partial charge on any atom is -0.350 e. The highest BCUT2D eigenvalue weighted by Gasteiger charge is 2.46. The van der Waals surface area contributed by atoms with Crippen LogP contribution in [-0.2, 0) is 16.1 Å². The zero-order valence-electron chi connectivity index (χ0n) is 14.4. The van der Waals surface area contributed by atoms with Gasteiger partial charge in [0, 0.05) is 23.0 Å². The molecule has 1 atom stereocenters. The van der Waals surface area contributed by atoms with Gasteiger partial charge in [-0.05, 0) is 25.5 Å².